The Bertz CT molecular complexity index is 627. The first kappa shape index (κ1) is 17.9. The molecule has 1 heterocycles. The number of methoxy groups -OCH3 is 1. The summed E-state index contributed by atoms with van der Waals surface area (Å²) in [4.78, 5) is 12.0. The second-order valence-corrected chi connectivity index (χ2v) is 7.03. The molecular formula is C15H22N2O5S. The van der Waals surface area contributed by atoms with E-state index in [4.69, 9.17) is 9.47 Å². The molecule has 2 rings (SSSR count). The molecule has 2 N–H and O–H groups in total. The van der Waals surface area contributed by atoms with Crippen LogP contribution in [0.2, 0.25) is 0 Å². The molecule has 7 nitrogen and oxygen atoms in total. The molecule has 1 atom stereocenters. The van der Waals surface area contributed by atoms with E-state index in [2.05, 4.69) is 10.0 Å². The fourth-order valence-electron chi connectivity index (χ4n) is 2.26. The smallest absolute Gasteiger partial charge is 0.251 e. The summed E-state index contributed by atoms with van der Waals surface area (Å²) in [6.45, 7) is 1.67. The minimum Gasteiger partial charge on any atom is -0.383 e. The Morgan fingerprint density at radius 2 is 2.26 bits per heavy atom. The molecule has 1 aliphatic heterocycles. The zero-order valence-electron chi connectivity index (χ0n) is 13.1. The van der Waals surface area contributed by atoms with Crippen LogP contribution in [0.1, 0.15) is 23.2 Å². The van der Waals surface area contributed by atoms with Crippen molar-refractivity contribution in [3.05, 3.63) is 29.8 Å². The average Bonchev–Trinajstić information content (AvgIpc) is 3.07. The second kappa shape index (κ2) is 8.39. The van der Waals surface area contributed by atoms with Crippen LogP contribution in [0.15, 0.2) is 29.2 Å². The van der Waals surface area contributed by atoms with Crippen molar-refractivity contribution in [1.29, 1.82) is 0 Å². The molecule has 8 heteroatoms. The van der Waals surface area contributed by atoms with Crippen molar-refractivity contribution in [3.63, 3.8) is 0 Å². The zero-order chi connectivity index (χ0) is 16.7. The third-order valence-electron chi connectivity index (χ3n) is 3.52. The van der Waals surface area contributed by atoms with Crippen LogP contribution in [0.4, 0.5) is 0 Å². The first-order valence-electron chi connectivity index (χ1n) is 7.51. The molecule has 1 aliphatic rings. The van der Waals surface area contributed by atoms with Crippen molar-refractivity contribution in [1.82, 2.24) is 10.0 Å². The van der Waals surface area contributed by atoms with Crippen molar-refractivity contribution in [2.24, 2.45) is 0 Å². The fourth-order valence-corrected chi connectivity index (χ4v) is 3.38. The Morgan fingerprint density at radius 1 is 1.43 bits per heavy atom. The number of hydrogen-bond donors (Lipinski definition) is 2. The van der Waals surface area contributed by atoms with E-state index in [0.29, 0.717) is 25.3 Å². The molecule has 0 aromatic heterocycles. The van der Waals surface area contributed by atoms with Gasteiger partial charge in [-0.3, -0.25) is 4.79 Å². The monoisotopic (exact) mass is 342 g/mol. The molecule has 0 radical (unpaired) electrons. The highest BCUT2D eigenvalue weighted by Gasteiger charge is 2.21. The van der Waals surface area contributed by atoms with Crippen LogP contribution >= 0.6 is 0 Å². The van der Waals surface area contributed by atoms with Gasteiger partial charge in [0.05, 0.1) is 17.6 Å². The van der Waals surface area contributed by atoms with E-state index in [9.17, 15) is 13.2 Å². The predicted octanol–water partition coefficient (Wildman–Crippen LogP) is 0.520. The highest BCUT2D eigenvalue weighted by atomic mass is 32.2. The summed E-state index contributed by atoms with van der Waals surface area (Å²) in [6, 6.07) is 5.94. The maximum Gasteiger partial charge on any atom is 0.251 e. The minimum atomic E-state index is -3.66. The van der Waals surface area contributed by atoms with Gasteiger partial charge in [-0.05, 0) is 31.0 Å². The van der Waals surface area contributed by atoms with Crippen molar-refractivity contribution >= 4 is 15.9 Å². The van der Waals surface area contributed by atoms with Gasteiger partial charge in [0.2, 0.25) is 10.0 Å². The van der Waals surface area contributed by atoms with Crippen LogP contribution in [0.5, 0.6) is 0 Å². The number of ether oxygens (including phenoxy) is 2. The Kier molecular flexibility index (Phi) is 6.52. The van der Waals surface area contributed by atoms with E-state index in [0.717, 1.165) is 12.8 Å². The van der Waals surface area contributed by atoms with Crippen molar-refractivity contribution < 1.29 is 22.7 Å². The lowest BCUT2D eigenvalue weighted by molar-refractivity contribution is 0.0937. The highest BCUT2D eigenvalue weighted by Crippen LogP contribution is 2.14. The maximum absolute atomic E-state index is 12.3. The van der Waals surface area contributed by atoms with Gasteiger partial charge in [0.25, 0.3) is 5.91 Å². The average molecular weight is 342 g/mol. The van der Waals surface area contributed by atoms with E-state index >= 15 is 0 Å². The maximum atomic E-state index is 12.3. The molecule has 0 saturated carbocycles. The van der Waals surface area contributed by atoms with E-state index in [1.165, 1.54) is 12.1 Å². The Labute approximate surface area is 136 Å². The number of carbonyl (C=O) groups excluding carboxylic acids is 1. The van der Waals surface area contributed by atoms with Gasteiger partial charge in [0.15, 0.2) is 0 Å². The van der Waals surface area contributed by atoms with E-state index in [1.54, 1.807) is 19.2 Å². The van der Waals surface area contributed by atoms with Crippen LogP contribution in [0, 0.1) is 0 Å². The van der Waals surface area contributed by atoms with Crippen molar-refractivity contribution in [2.75, 3.05) is 33.4 Å². The van der Waals surface area contributed by atoms with Gasteiger partial charge >= 0.3 is 0 Å². The van der Waals surface area contributed by atoms with Crippen LogP contribution in [0.3, 0.4) is 0 Å². The third kappa shape index (κ3) is 5.28. The molecule has 1 unspecified atom stereocenters. The Balaban J connectivity index is 2.00. The Hall–Kier alpha value is -1.48. The third-order valence-corrected chi connectivity index (χ3v) is 4.94. The predicted molar refractivity (Wildman–Crippen MR) is 84.8 cm³/mol. The molecule has 1 aromatic rings. The summed E-state index contributed by atoms with van der Waals surface area (Å²) >= 11 is 0. The molecule has 128 valence electrons. The molecular weight excluding hydrogens is 320 g/mol. The van der Waals surface area contributed by atoms with Gasteiger partial charge in [0.1, 0.15) is 0 Å². The highest BCUT2D eigenvalue weighted by molar-refractivity contribution is 7.89. The van der Waals surface area contributed by atoms with Gasteiger partial charge < -0.3 is 14.8 Å². The molecule has 0 bridgehead atoms. The lowest BCUT2D eigenvalue weighted by Crippen LogP contribution is -2.32. The normalized spacial score (nSPS) is 18.0. The number of carbonyl (C=O) groups is 1. The second-order valence-electron chi connectivity index (χ2n) is 5.26. The fraction of sp³-hybridized carbons (Fsp3) is 0.533. The largest absolute Gasteiger partial charge is 0.383 e. The van der Waals surface area contributed by atoms with E-state index in [1.807, 2.05) is 0 Å². The summed E-state index contributed by atoms with van der Waals surface area (Å²) in [7, 11) is -2.12. The first-order chi connectivity index (χ1) is 11.0. The lowest BCUT2D eigenvalue weighted by Gasteiger charge is -2.12. The SMILES string of the molecule is COCCNC(=O)c1cccc(S(=O)(=O)NCC2CCCO2)c1. The van der Waals surface area contributed by atoms with Gasteiger partial charge in [-0.1, -0.05) is 6.07 Å². The van der Waals surface area contributed by atoms with Gasteiger partial charge in [0, 0.05) is 32.4 Å². The molecule has 23 heavy (non-hydrogen) atoms. The van der Waals surface area contributed by atoms with Gasteiger partial charge in [-0.15, -0.1) is 0 Å². The number of rotatable bonds is 8. The summed E-state index contributed by atoms with van der Waals surface area (Å²) in [6.07, 6.45) is 1.72. The summed E-state index contributed by atoms with van der Waals surface area (Å²) in [5.41, 5.74) is 0.293. The number of sulfonamides is 1. The van der Waals surface area contributed by atoms with Crippen LogP contribution in [0.25, 0.3) is 0 Å². The van der Waals surface area contributed by atoms with E-state index < -0.39 is 10.0 Å². The molecule has 0 aliphatic carbocycles. The van der Waals surface area contributed by atoms with Crippen molar-refractivity contribution in [2.45, 2.75) is 23.8 Å². The number of benzene rings is 1. The summed E-state index contributed by atoms with van der Waals surface area (Å²) in [5, 5.41) is 2.66. The van der Waals surface area contributed by atoms with Crippen LogP contribution < -0.4 is 10.0 Å². The molecule has 1 aromatic carbocycles. The number of amides is 1. The molecule has 1 fully saturated rings. The number of nitrogens with one attached hydrogen (secondary N) is 2. The molecule has 1 saturated heterocycles. The van der Waals surface area contributed by atoms with Crippen LogP contribution in [-0.4, -0.2) is 53.8 Å². The van der Waals surface area contributed by atoms with E-state index in [-0.39, 0.29) is 23.5 Å². The standard InChI is InChI=1S/C15H22N2O5S/c1-21-9-7-16-15(18)12-4-2-6-14(10-12)23(19,20)17-11-13-5-3-8-22-13/h2,4,6,10,13,17H,3,5,7-9,11H2,1H3,(H,16,18). The zero-order valence-corrected chi connectivity index (χ0v) is 13.9. The summed E-state index contributed by atoms with van der Waals surface area (Å²) in [5.74, 6) is -0.335. The van der Waals surface area contributed by atoms with Gasteiger partial charge in [-0.2, -0.15) is 0 Å². The molecule has 1 amide bonds. The molecule has 0 spiro atoms. The lowest BCUT2D eigenvalue weighted by atomic mass is 10.2. The first-order valence-corrected chi connectivity index (χ1v) is 9.00. The van der Waals surface area contributed by atoms with Crippen LogP contribution in [-0.2, 0) is 19.5 Å². The quantitative estimate of drug-likeness (QED) is 0.672. The number of hydrogen-bond acceptors (Lipinski definition) is 5. The Morgan fingerprint density at radius 3 is 2.96 bits per heavy atom. The topological polar surface area (TPSA) is 93.7 Å². The van der Waals surface area contributed by atoms with Gasteiger partial charge in [-0.25, -0.2) is 13.1 Å². The minimum absolute atomic E-state index is 0.0647. The summed E-state index contributed by atoms with van der Waals surface area (Å²) < 4.78 is 37.4. The van der Waals surface area contributed by atoms with Crippen molar-refractivity contribution in [3.8, 4) is 0 Å².